The van der Waals surface area contributed by atoms with Crippen molar-refractivity contribution in [2.75, 3.05) is 0 Å². The van der Waals surface area contributed by atoms with E-state index in [0.717, 1.165) is 29.5 Å². The number of allylic oxidation sites excluding steroid dienone is 2. The molecule has 2 unspecified atom stereocenters. The van der Waals surface area contributed by atoms with Crippen molar-refractivity contribution in [2.45, 2.75) is 60.3 Å². The van der Waals surface area contributed by atoms with Crippen LogP contribution in [0.3, 0.4) is 0 Å². The Kier molecular flexibility index (Phi) is 5.18. The zero-order chi connectivity index (χ0) is 19.0. The topological polar surface area (TPSA) is 17.1 Å². The van der Waals surface area contributed by atoms with Gasteiger partial charge in [0.15, 0.2) is 5.78 Å². The van der Waals surface area contributed by atoms with Crippen LogP contribution in [0.1, 0.15) is 68.1 Å². The minimum Gasteiger partial charge on any atom is -0.294 e. The van der Waals surface area contributed by atoms with Crippen LogP contribution in [0.15, 0.2) is 36.4 Å². The molecule has 0 aliphatic heterocycles. The number of carbonyl (C=O) groups is 1. The Morgan fingerprint density at radius 3 is 1.73 bits per heavy atom. The van der Waals surface area contributed by atoms with Crippen LogP contribution < -0.4 is 0 Å². The molecule has 0 fully saturated rings. The first kappa shape index (κ1) is 18.6. The van der Waals surface area contributed by atoms with Crippen LogP contribution in [0, 0.1) is 47.5 Å². The standard InChI is InChI=1S/C25H30O/c1-15-11-17(3)23(18(4)12-15)21-9-7-8-10-22(21)25(26)24-19(5)13-16(2)14-20(24)6/h7-8,11-14,21-22H,9-10H2,1-6H3. The molecule has 0 radical (unpaired) electrons. The first-order chi connectivity index (χ1) is 12.3. The third kappa shape index (κ3) is 3.40. The summed E-state index contributed by atoms with van der Waals surface area (Å²) >= 11 is 0. The van der Waals surface area contributed by atoms with E-state index >= 15 is 0 Å². The first-order valence-electron chi connectivity index (χ1n) is 9.64. The highest BCUT2D eigenvalue weighted by Gasteiger charge is 2.33. The molecular formula is C25H30O. The van der Waals surface area contributed by atoms with Crippen molar-refractivity contribution >= 4 is 5.78 Å². The molecule has 2 atom stereocenters. The molecule has 3 rings (SSSR count). The average Bonchev–Trinajstić information content (AvgIpc) is 2.53. The lowest BCUT2D eigenvalue weighted by molar-refractivity contribution is 0.0895. The smallest absolute Gasteiger partial charge is 0.167 e. The largest absolute Gasteiger partial charge is 0.294 e. The van der Waals surface area contributed by atoms with E-state index in [1.54, 1.807) is 0 Å². The summed E-state index contributed by atoms with van der Waals surface area (Å²) in [7, 11) is 0. The molecule has 136 valence electrons. The second kappa shape index (κ2) is 7.23. The van der Waals surface area contributed by atoms with E-state index in [4.69, 9.17) is 0 Å². The van der Waals surface area contributed by atoms with E-state index in [1.165, 1.54) is 27.8 Å². The Morgan fingerprint density at radius 2 is 1.19 bits per heavy atom. The fourth-order valence-electron chi connectivity index (χ4n) is 4.95. The molecule has 26 heavy (non-hydrogen) atoms. The zero-order valence-corrected chi connectivity index (χ0v) is 16.9. The summed E-state index contributed by atoms with van der Waals surface area (Å²) in [5.74, 6) is 0.613. The number of hydrogen-bond donors (Lipinski definition) is 0. The number of benzene rings is 2. The molecule has 0 saturated heterocycles. The fourth-order valence-corrected chi connectivity index (χ4v) is 4.95. The van der Waals surface area contributed by atoms with Crippen LogP contribution in [-0.4, -0.2) is 5.78 Å². The van der Waals surface area contributed by atoms with E-state index in [0.29, 0.717) is 5.78 Å². The molecule has 1 nitrogen and oxygen atoms in total. The maximum absolute atomic E-state index is 13.6. The number of Topliss-reactive ketones (excluding diaryl/α,β-unsaturated/α-hetero) is 1. The van der Waals surface area contributed by atoms with E-state index in [2.05, 4.69) is 78.0 Å². The Labute approximate surface area is 158 Å². The van der Waals surface area contributed by atoms with Crippen LogP contribution in [0.5, 0.6) is 0 Å². The van der Waals surface area contributed by atoms with Crippen molar-refractivity contribution < 1.29 is 4.79 Å². The highest BCUT2D eigenvalue weighted by Crippen LogP contribution is 2.40. The molecule has 1 heteroatoms. The zero-order valence-electron chi connectivity index (χ0n) is 16.9. The van der Waals surface area contributed by atoms with Crippen molar-refractivity contribution in [2.24, 2.45) is 5.92 Å². The highest BCUT2D eigenvalue weighted by molar-refractivity contribution is 6.01. The molecule has 0 bridgehead atoms. The fraction of sp³-hybridized carbons (Fsp3) is 0.400. The van der Waals surface area contributed by atoms with Gasteiger partial charge in [-0.05, 0) is 88.1 Å². The summed E-state index contributed by atoms with van der Waals surface area (Å²) < 4.78 is 0. The minimum atomic E-state index is 0.0280. The van der Waals surface area contributed by atoms with Gasteiger partial charge in [0.05, 0.1) is 0 Å². The van der Waals surface area contributed by atoms with Gasteiger partial charge in [0, 0.05) is 11.5 Å². The Balaban J connectivity index is 2.07. The lowest BCUT2D eigenvalue weighted by Gasteiger charge is -2.31. The Hall–Kier alpha value is -2.15. The summed E-state index contributed by atoms with van der Waals surface area (Å²) in [6.07, 6.45) is 6.23. The van der Waals surface area contributed by atoms with Gasteiger partial charge in [0.1, 0.15) is 0 Å². The second-order valence-corrected chi connectivity index (χ2v) is 8.11. The molecule has 1 aliphatic rings. The molecule has 0 saturated carbocycles. The van der Waals surface area contributed by atoms with E-state index < -0.39 is 0 Å². The van der Waals surface area contributed by atoms with Crippen LogP contribution in [-0.2, 0) is 0 Å². The number of carbonyl (C=O) groups excluding carboxylic acids is 1. The van der Waals surface area contributed by atoms with Crippen molar-refractivity contribution in [3.63, 3.8) is 0 Å². The number of aryl methyl sites for hydroxylation is 6. The van der Waals surface area contributed by atoms with Crippen molar-refractivity contribution in [1.82, 2.24) is 0 Å². The van der Waals surface area contributed by atoms with Gasteiger partial charge >= 0.3 is 0 Å². The average molecular weight is 347 g/mol. The summed E-state index contributed by atoms with van der Waals surface area (Å²) in [5, 5.41) is 0. The van der Waals surface area contributed by atoms with Gasteiger partial charge in [0.2, 0.25) is 0 Å². The number of rotatable bonds is 3. The molecule has 0 aromatic heterocycles. The minimum absolute atomic E-state index is 0.0280. The van der Waals surface area contributed by atoms with Crippen molar-refractivity contribution in [1.29, 1.82) is 0 Å². The quantitative estimate of drug-likeness (QED) is 0.460. The molecule has 1 aliphatic carbocycles. The predicted octanol–water partition coefficient (Wildman–Crippen LogP) is 6.47. The van der Waals surface area contributed by atoms with Crippen LogP contribution in [0.25, 0.3) is 0 Å². The summed E-state index contributed by atoms with van der Waals surface area (Å²) in [5.41, 5.74) is 9.68. The summed E-state index contributed by atoms with van der Waals surface area (Å²) in [6, 6.07) is 8.78. The van der Waals surface area contributed by atoms with Gasteiger partial charge in [-0.15, -0.1) is 0 Å². The first-order valence-corrected chi connectivity index (χ1v) is 9.64. The number of hydrogen-bond acceptors (Lipinski definition) is 1. The van der Waals surface area contributed by atoms with E-state index in [9.17, 15) is 4.79 Å². The van der Waals surface area contributed by atoms with E-state index in [-0.39, 0.29) is 11.8 Å². The van der Waals surface area contributed by atoms with Gasteiger partial charge in [-0.1, -0.05) is 47.5 Å². The molecule has 0 amide bonds. The highest BCUT2D eigenvalue weighted by atomic mass is 16.1. The van der Waals surface area contributed by atoms with Gasteiger partial charge < -0.3 is 0 Å². The molecule has 0 heterocycles. The van der Waals surface area contributed by atoms with Gasteiger partial charge in [-0.3, -0.25) is 4.79 Å². The third-order valence-corrected chi connectivity index (χ3v) is 5.80. The van der Waals surface area contributed by atoms with Gasteiger partial charge in [-0.2, -0.15) is 0 Å². The lowest BCUT2D eigenvalue weighted by atomic mass is 9.71. The molecular weight excluding hydrogens is 316 g/mol. The molecule has 2 aromatic rings. The monoisotopic (exact) mass is 346 g/mol. The summed E-state index contributed by atoms with van der Waals surface area (Å²) in [4.78, 5) is 13.6. The lowest BCUT2D eigenvalue weighted by Crippen LogP contribution is -2.26. The van der Waals surface area contributed by atoms with Crippen molar-refractivity contribution in [3.8, 4) is 0 Å². The van der Waals surface area contributed by atoms with Crippen LogP contribution >= 0.6 is 0 Å². The molecule has 0 N–H and O–H groups in total. The SMILES string of the molecule is Cc1cc(C)c(C(=O)C2CC=CCC2c2c(C)cc(C)cc2C)c(C)c1. The van der Waals surface area contributed by atoms with Crippen molar-refractivity contribution in [3.05, 3.63) is 80.9 Å². The Morgan fingerprint density at radius 1 is 0.731 bits per heavy atom. The summed E-state index contributed by atoms with van der Waals surface area (Å²) in [6.45, 7) is 12.8. The maximum Gasteiger partial charge on any atom is 0.167 e. The predicted molar refractivity (Wildman–Crippen MR) is 110 cm³/mol. The second-order valence-electron chi connectivity index (χ2n) is 8.11. The normalized spacial score (nSPS) is 19.6. The molecule has 0 spiro atoms. The maximum atomic E-state index is 13.6. The third-order valence-electron chi connectivity index (χ3n) is 5.80. The Bertz CT molecular complexity index is 839. The van der Waals surface area contributed by atoms with E-state index in [1.807, 2.05) is 0 Å². The van der Waals surface area contributed by atoms with Crippen LogP contribution in [0.4, 0.5) is 0 Å². The van der Waals surface area contributed by atoms with Gasteiger partial charge in [0.25, 0.3) is 0 Å². The number of ketones is 1. The van der Waals surface area contributed by atoms with Gasteiger partial charge in [-0.25, -0.2) is 0 Å². The van der Waals surface area contributed by atoms with Crippen LogP contribution in [0.2, 0.25) is 0 Å². The molecule has 2 aromatic carbocycles.